The Hall–Kier alpha value is -0.360. The van der Waals surface area contributed by atoms with Crippen LogP contribution in [0.5, 0.6) is 0 Å². The SMILES string of the molecule is Cl.Cl.Cn1cnnc1C1CNCCO1. The second-order valence-corrected chi connectivity index (χ2v) is 2.86. The summed E-state index contributed by atoms with van der Waals surface area (Å²) >= 11 is 0. The minimum Gasteiger partial charge on any atom is -0.368 e. The van der Waals surface area contributed by atoms with E-state index in [1.165, 1.54) is 0 Å². The van der Waals surface area contributed by atoms with Gasteiger partial charge >= 0.3 is 0 Å². The first-order valence-electron chi connectivity index (χ1n) is 4.04. The maximum atomic E-state index is 5.52. The number of aromatic nitrogens is 3. The molecule has 1 saturated heterocycles. The Morgan fingerprint density at radius 1 is 1.57 bits per heavy atom. The Bertz CT molecular complexity index is 262. The van der Waals surface area contributed by atoms with Gasteiger partial charge in [-0.1, -0.05) is 0 Å². The van der Waals surface area contributed by atoms with Gasteiger partial charge in [0.15, 0.2) is 5.82 Å². The maximum Gasteiger partial charge on any atom is 0.163 e. The number of hydrogen-bond donors (Lipinski definition) is 1. The summed E-state index contributed by atoms with van der Waals surface area (Å²) in [6, 6.07) is 0. The van der Waals surface area contributed by atoms with Gasteiger partial charge in [-0.3, -0.25) is 0 Å². The minimum atomic E-state index is 0. The molecule has 0 amide bonds. The standard InChI is InChI=1S/C7H12N4O.2ClH/c1-11-5-9-10-7(11)6-4-8-2-3-12-6;;/h5-6,8H,2-4H2,1H3;2*1H. The first-order valence-corrected chi connectivity index (χ1v) is 4.04. The summed E-state index contributed by atoms with van der Waals surface area (Å²) in [5.74, 6) is 0.891. The Labute approximate surface area is 95.0 Å². The quantitative estimate of drug-likeness (QED) is 0.769. The summed E-state index contributed by atoms with van der Waals surface area (Å²) in [5.41, 5.74) is 0. The average Bonchev–Trinajstić information content (AvgIpc) is 2.53. The lowest BCUT2D eigenvalue weighted by molar-refractivity contribution is 0.0203. The van der Waals surface area contributed by atoms with Crippen LogP contribution in [-0.4, -0.2) is 34.5 Å². The molecule has 1 aliphatic heterocycles. The lowest BCUT2D eigenvalue weighted by atomic mass is 10.3. The van der Waals surface area contributed by atoms with Gasteiger partial charge in [0.05, 0.1) is 6.61 Å². The van der Waals surface area contributed by atoms with Crippen LogP contribution in [0.15, 0.2) is 6.33 Å². The molecule has 1 unspecified atom stereocenters. The molecule has 14 heavy (non-hydrogen) atoms. The monoisotopic (exact) mass is 240 g/mol. The molecule has 0 bridgehead atoms. The van der Waals surface area contributed by atoms with Gasteiger partial charge in [-0.25, -0.2) is 0 Å². The van der Waals surface area contributed by atoms with Gasteiger partial charge < -0.3 is 14.6 Å². The van der Waals surface area contributed by atoms with Crippen molar-refractivity contribution < 1.29 is 4.74 Å². The van der Waals surface area contributed by atoms with Gasteiger partial charge in [-0.05, 0) is 0 Å². The number of nitrogens with one attached hydrogen (secondary N) is 1. The first kappa shape index (κ1) is 13.6. The van der Waals surface area contributed by atoms with Gasteiger partial charge in [0.25, 0.3) is 0 Å². The second-order valence-electron chi connectivity index (χ2n) is 2.86. The normalized spacial score (nSPS) is 20.8. The summed E-state index contributed by atoms with van der Waals surface area (Å²) in [4.78, 5) is 0. The molecular formula is C7H14Cl2N4O. The van der Waals surface area contributed by atoms with E-state index in [1.807, 2.05) is 11.6 Å². The van der Waals surface area contributed by atoms with E-state index in [1.54, 1.807) is 6.33 Å². The van der Waals surface area contributed by atoms with Crippen LogP contribution in [0.3, 0.4) is 0 Å². The highest BCUT2D eigenvalue weighted by atomic mass is 35.5. The molecule has 0 radical (unpaired) electrons. The molecule has 82 valence electrons. The van der Waals surface area contributed by atoms with E-state index >= 15 is 0 Å². The highest BCUT2D eigenvalue weighted by Gasteiger charge is 2.19. The van der Waals surface area contributed by atoms with Crippen molar-refractivity contribution in [2.75, 3.05) is 19.7 Å². The lowest BCUT2D eigenvalue weighted by Gasteiger charge is -2.22. The predicted octanol–water partition coefficient (Wildman–Crippen LogP) is 0.320. The Morgan fingerprint density at radius 3 is 2.86 bits per heavy atom. The third-order valence-electron chi connectivity index (χ3n) is 1.96. The Balaban J connectivity index is 0.000000845. The van der Waals surface area contributed by atoms with Crippen LogP contribution in [-0.2, 0) is 11.8 Å². The number of hydrogen-bond acceptors (Lipinski definition) is 4. The molecule has 7 heteroatoms. The number of rotatable bonds is 1. The number of morpholine rings is 1. The minimum absolute atomic E-state index is 0. The molecule has 5 nitrogen and oxygen atoms in total. The molecular weight excluding hydrogens is 227 g/mol. The third-order valence-corrected chi connectivity index (χ3v) is 1.96. The van der Waals surface area contributed by atoms with Crippen LogP contribution in [0.25, 0.3) is 0 Å². The fourth-order valence-electron chi connectivity index (χ4n) is 1.31. The molecule has 0 saturated carbocycles. The molecule has 1 fully saturated rings. The van der Waals surface area contributed by atoms with E-state index in [0.29, 0.717) is 0 Å². The van der Waals surface area contributed by atoms with Gasteiger partial charge in [0, 0.05) is 20.1 Å². The molecule has 0 aromatic carbocycles. The van der Waals surface area contributed by atoms with E-state index in [4.69, 9.17) is 4.74 Å². The maximum absolute atomic E-state index is 5.52. The highest BCUT2D eigenvalue weighted by molar-refractivity contribution is 5.85. The van der Waals surface area contributed by atoms with Crippen molar-refractivity contribution in [1.82, 2.24) is 20.1 Å². The van der Waals surface area contributed by atoms with Crippen LogP contribution >= 0.6 is 24.8 Å². The molecule has 0 aliphatic carbocycles. The van der Waals surface area contributed by atoms with Crippen LogP contribution in [0.4, 0.5) is 0 Å². The van der Waals surface area contributed by atoms with Crippen LogP contribution < -0.4 is 5.32 Å². The van der Waals surface area contributed by atoms with Crippen molar-refractivity contribution in [1.29, 1.82) is 0 Å². The van der Waals surface area contributed by atoms with Crippen molar-refractivity contribution in [3.63, 3.8) is 0 Å². The zero-order chi connectivity index (χ0) is 8.39. The molecule has 1 aromatic heterocycles. The van der Waals surface area contributed by atoms with E-state index in [-0.39, 0.29) is 30.9 Å². The molecule has 2 heterocycles. The van der Waals surface area contributed by atoms with Gasteiger partial charge in [0.1, 0.15) is 12.4 Å². The molecule has 2 rings (SSSR count). The predicted molar refractivity (Wildman–Crippen MR) is 57.1 cm³/mol. The molecule has 1 atom stereocenters. The van der Waals surface area contributed by atoms with Gasteiger partial charge in [-0.15, -0.1) is 35.0 Å². The van der Waals surface area contributed by atoms with E-state index < -0.39 is 0 Å². The van der Waals surface area contributed by atoms with Gasteiger partial charge in [0.2, 0.25) is 0 Å². The number of halogens is 2. The lowest BCUT2D eigenvalue weighted by Crippen LogP contribution is -2.34. The average molecular weight is 241 g/mol. The van der Waals surface area contributed by atoms with Crippen molar-refractivity contribution in [3.05, 3.63) is 12.2 Å². The summed E-state index contributed by atoms with van der Waals surface area (Å²) in [7, 11) is 1.92. The van der Waals surface area contributed by atoms with Crippen molar-refractivity contribution in [2.45, 2.75) is 6.10 Å². The number of ether oxygens (including phenoxy) is 1. The third kappa shape index (κ3) is 2.81. The van der Waals surface area contributed by atoms with Crippen LogP contribution in [0, 0.1) is 0 Å². The van der Waals surface area contributed by atoms with Crippen LogP contribution in [0.1, 0.15) is 11.9 Å². The first-order chi connectivity index (χ1) is 5.88. The number of aryl methyl sites for hydroxylation is 1. The Kier molecular flexibility index (Phi) is 6.03. The summed E-state index contributed by atoms with van der Waals surface area (Å²) in [6.07, 6.45) is 1.75. The fraction of sp³-hybridized carbons (Fsp3) is 0.714. The highest BCUT2D eigenvalue weighted by Crippen LogP contribution is 2.14. The van der Waals surface area contributed by atoms with Crippen LogP contribution in [0.2, 0.25) is 0 Å². The van der Waals surface area contributed by atoms with E-state index in [9.17, 15) is 0 Å². The summed E-state index contributed by atoms with van der Waals surface area (Å²) in [5, 5.41) is 11.0. The summed E-state index contributed by atoms with van der Waals surface area (Å²) < 4.78 is 7.40. The van der Waals surface area contributed by atoms with Gasteiger partial charge in [-0.2, -0.15) is 0 Å². The zero-order valence-corrected chi connectivity index (χ0v) is 9.48. The fourth-order valence-corrected chi connectivity index (χ4v) is 1.31. The van der Waals surface area contributed by atoms with Crippen molar-refractivity contribution >= 4 is 24.8 Å². The molecule has 1 N–H and O–H groups in total. The number of nitrogens with zero attached hydrogens (tertiary/aromatic N) is 3. The summed E-state index contributed by atoms with van der Waals surface area (Å²) in [6.45, 7) is 2.50. The van der Waals surface area contributed by atoms with E-state index in [2.05, 4.69) is 15.5 Å². The van der Waals surface area contributed by atoms with Crippen molar-refractivity contribution in [2.24, 2.45) is 7.05 Å². The molecule has 0 spiro atoms. The van der Waals surface area contributed by atoms with Crippen molar-refractivity contribution in [3.8, 4) is 0 Å². The Morgan fingerprint density at radius 2 is 2.36 bits per heavy atom. The topological polar surface area (TPSA) is 52.0 Å². The van der Waals surface area contributed by atoms with E-state index in [0.717, 1.165) is 25.5 Å². The molecule has 1 aromatic rings. The zero-order valence-electron chi connectivity index (χ0n) is 7.84. The largest absolute Gasteiger partial charge is 0.368 e. The smallest absolute Gasteiger partial charge is 0.163 e. The molecule has 1 aliphatic rings. The second kappa shape index (κ2) is 6.19.